The van der Waals surface area contributed by atoms with Gasteiger partial charge in [0.2, 0.25) is 0 Å². The number of furan rings is 1. The van der Waals surface area contributed by atoms with E-state index in [-0.39, 0.29) is 18.0 Å². The lowest BCUT2D eigenvalue weighted by Crippen LogP contribution is -2.48. The molecule has 28 heavy (non-hydrogen) atoms. The molecule has 1 aromatic heterocycles. The summed E-state index contributed by atoms with van der Waals surface area (Å²) in [7, 11) is 1.78. The van der Waals surface area contributed by atoms with Gasteiger partial charge in [-0.3, -0.25) is 4.79 Å². The number of para-hydroxylation sites is 1. The lowest BCUT2D eigenvalue weighted by Gasteiger charge is -2.35. The molecule has 0 radical (unpaired) electrons. The number of urea groups is 1. The molecule has 3 amide bonds. The Kier molecular flexibility index (Phi) is 6.57. The van der Waals surface area contributed by atoms with E-state index in [9.17, 15) is 9.59 Å². The molecule has 2 heterocycles. The monoisotopic (exact) mass is 384 g/mol. The highest BCUT2D eigenvalue weighted by molar-refractivity contribution is 5.99. The van der Waals surface area contributed by atoms with Crippen molar-refractivity contribution in [1.82, 2.24) is 15.5 Å². The molecule has 150 valence electrons. The van der Waals surface area contributed by atoms with Crippen LogP contribution in [0.3, 0.4) is 0 Å². The van der Waals surface area contributed by atoms with Gasteiger partial charge in [0.25, 0.3) is 5.91 Å². The summed E-state index contributed by atoms with van der Waals surface area (Å²) in [5.74, 6) is 0.722. The number of anilines is 1. The Hall–Kier alpha value is -2.96. The van der Waals surface area contributed by atoms with Crippen molar-refractivity contribution in [2.45, 2.75) is 32.4 Å². The average Bonchev–Trinajstić information content (AvgIpc) is 3.21. The minimum Gasteiger partial charge on any atom is -0.467 e. The first-order valence-corrected chi connectivity index (χ1v) is 9.74. The van der Waals surface area contributed by atoms with Crippen LogP contribution in [0, 0.1) is 0 Å². The Morgan fingerprint density at radius 1 is 1.18 bits per heavy atom. The van der Waals surface area contributed by atoms with Crippen molar-refractivity contribution in [3.8, 4) is 0 Å². The second-order valence-corrected chi connectivity index (χ2v) is 7.02. The molecule has 1 saturated heterocycles. The maximum absolute atomic E-state index is 13.0. The van der Waals surface area contributed by atoms with Crippen LogP contribution in [0.1, 0.15) is 35.9 Å². The summed E-state index contributed by atoms with van der Waals surface area (Å²) in [6.45, 7) is 4.54. The van der Waals surface area contributed by atoms with Gasteiger partial charge in [-0.05, 0) is 44.0 Å². The van der Waals surface area contributed by atoms with Crippen LogP contribution in [0.5, 0.6) is 0 Å². The van der Waals surface area contributed by atoms with E-state index in [0.29, 0.717) is 18.7 Å². The zero-order valence-corrected chi connectivity index (χ0v) is 16.5. The fraction of sp³-hybridized carbons (Fsp3) is 0.429. The Morgan fingerprint density at radius 2 is 1.93 bits per heavy atom. The number of amides is 3. The van der Waals surface area contributed by atoms with Gasteiger partial charge in [-0.15, -0.1) is 0 Å². The number of hydrogen-bond acceptors (Lipinski definition) is 4. The van der Waals surface area contributed by atoms with Gasteiger partial charge in [-0.2, -0.15) is 0 Å². The van der Waals surface area contributed by atoms with Crippen molar-refractivity contribution < 1.29 is 14.0 Å². The minimum absolute atomic E-state index is 0.0328. The number of carbonyl (C=O) groups excluding carboxylic acids is 2. The minimum atomic E-state index is -0.115. The summed E-state index contributed by atoms with van der Waals surface area (Å²) < 4.78 is 5.35. The standard InChI is InChI=1S/C21H28N4O3/c1-3-22-21(27)23-16-10-12-25(13-11-16)19-9-5-4-8-18(19)20(26)24(2)15-17-7-6-14-28-17/h4-9,14,16H,3,10-13,15H2,1-2H3,(H2,22,23,27). The highest BCUT2D eigenvalue weighted by atomic mass is 16.3. The summed E-state index contributed by atoms with van der Waals surface area (Å²) in [6.07, 6.45) is 3.31. The van der Waals surface area contributed by atoms with Crippen molar-refractivity contribution in [3.05, 3.63) is 54.0 Å². The van der Waals surface area contributed by atoms with Crippen molar-refractivity contribution in [2.75, 3.05) is 31.6 Å². The third kappa shape index (κ3) is 4.85. The molecule has 0 atom stereocenters. The number of hydrogen-bond donors (Lipinski definition) is 2. The SMILES string of the molecule is CCNC(=O)NC1CCN(c2ccccc2C(=O)N(C)Cc2ccco2)CC1. The predicted octanol–water partition coefficient (Wildman–Crippen LogP) is 2.84. The molecule has 1 aromatic carbocycles. The van der Waals surface area contributed by atoms with Crippen molar-refractivity contribution >= 4 is 17.6 Å². The maximum atomic E-state index is 13.0. The smallest absolute Gasteiger partial charge is 0.314 e. The summed E-state index contributed by atoms with van der Waals surface area (Å²) in [4.78, 5) is 28.6. The number of nitrogens with zero attached hydrogens (tertiary/aromatic N) is 2. The number of benzene rings is 1. The third-order valence-corrected chi connectivity index (χ3v) is 4.96. The van der Waals surface area contributed by atoms with Crippen molar-refractivity contribution in [1.29, 1.82) is 0 Å². The topological polar surface area (TPSA) is 77.8 Å². The van der Waals surface area contributed by atoms with Crippen molar-refractivity contribution in [3.63, 3.8) is 0 Å². The number of carbonyl (C=O) groups is 2. The average molecular weight is 384 g/mol. The molecular formula is C21H28N4O3. The second-order valence-electron chi connectivity index (χ2n) is 7.02. The number of nitrogens with one attached hydrogen (secondary N) is 2. The summed E-state index contributed by atoms with van der Waals surface area (Å²) in [5, 5.41) is 5.78. The molecular weight excluding hydrogens is 356 g/mol. The predicted molar refractivity (Wildman–Crippen MR) is 108 cm³/mol. The second kappa shape index (κ2) is 9.30. The molecule has 1 aliphatic rings. The highest BCUT2D eigenvalue weighted by Gasteiger charge is 2.24. The van der Waals surface area contributed by atoms with Crippen molar-refractivity contribution in [2.24, 2.45) is 0 Å². The lowest BCUT2D eigenvalue weighted by molar-refractivity contribution is 0.0776. The Labute approximate surface area is 165 Å². The van der Waals surface area contributed by atoms with E-state index in [2.05, 4.69) is 15.5 Å². The van der Waals surface area contributed by atoms with E-state index in [1.165, 1.54) is 0 Å². The Morgan fingerprint density at radius 3 is 2.61 bits per heavy atom. The van der Waals surface area contributed by atoms with Crippen LogP contribution in [0.15, 0.2) is 47.1 Å². The van der Waals surface area contributed by atoms with E-state index in [1.807, 2.05) is 43.3 Å². The van der Waals surface area contributed by atoms with Crippen LogP contribution >= 0.6 is 0 Å². The van der Waals surface area contributed by atoms with Gasteiger partial charge >= 0.3 is 6.03 Å². The fourth-order valence-electron chi connectivity index (χ4n) is 3.51. The van der Waals surface area contributed by atoms with Gasteiger partial charge in [-0.25, -0.2) is 4.79 Å². The van der Waals surface area contributed by atoms with Gasteiger partial charge in [0, 0.05) is 38.4 Å². The molecule has 2 N–H and O–H groups in total. The molecule has 0 spiro atoms. The molecule has 7 nitrogen and oxygen atoms in total. The van der Waals surface area contributed by atoms with Crippen LogP contribution in [0.25, 0.3) is 0 Å². The van der Waals surface area contributed by atoms with E-state index < -0.39 is 0 Å². The van der Waals surface area contributed by atoms with Crippen LogP contribution in [-0.4, -0.2) is 49.6 Å². The molecule has 3 rings (SSSR count). The number of rotatable bonds is 6. The Bertz CT molecular complexity index is 783. The van der Waals surface area contributed by atoms with E-state index in [0.717, 1.165) is 37.4 Å². The van der Waals surface area contributed by atoms with E-state index in [1.54, 1.807) is 18.2 Å². The van der Waals surface area contributed by atoms with Gasteiger partial charge in [0.1, 0.15) is 5.76 Å². The van der Waals surface area contributed by atoms with Crippen LogP contribution < -0.4 is 15.5 Å². The van der Waals surface area contributed by atoms with Gasteiger partial charge in [-0.1, -0.05) is 12.1 Å². The molecule has 0 bridgehead atoms. The first-order valence-electron chi connectivity index (χ1n) is 9.74. The van der Waals surface area contributed by atoms with Crippen LogP contribution in [0.4, 0.5) is 10.5 Å². The Balaban J connectivity index is 1.64. The molecule has 0 unspecified atom stereocenters. The molecule has 7 heteroatoms. The zero-order chi connectivity index (χ0) is 19.9. The molecule has 0 saturated carbocycles. The maximum Gasteiger partial charge on any atom is 0.314 e. The lowest BCUT2D eigenvalue weighted by atomic mass is 10.0. The summed E-state index contributed by atoms with van der Waals surface area (Å²) >= 11 is 0. The first kappa shape index (κ1) is 19.8. The quantitative estimate of drug-likeness (QED) is 0.803. The van der Waals surface area contributed by atoms with E-state index >= 15 is 0 Å². The van der Waals surface area contributed by atoms with Gasteiger partial charge < -0.3 is 24.9 Å². The molecule has 2 aromatic rings. The van der Waals surface area contributed by atoms with Gasteiger partial charge in [0.05, 0.1) is 18.4 Å². The molecule has 1 aliphatic heterocycles. The largest absolute Gasteiger partial charge is 0.467 e. The van der Waals surface area contributed by atoms with E-state index in [4.69, 9.17) is 4.42 Å². The normalized spacial score (nSPS) is 14.6. The first-order chi connectivity index (χ1) is 13.6. The third-order valence-electron chi connectivity index (χ3n) is 4.96. The fourth-order valence-corrected chi connectivity index (χ4v) is 3.51. The summed E-state index contributed by atoms with van der Waals surface area (Å²) in [6, 6.07) is 11.4. The van der Waals surface area contributed by atoms with Crippen LogP contribution in [-0.2, 0) is 6.54 Å². The zero-order valence-electron chi connectivity index (χ0n) is 16.5. The molecule has 0 aliphatic carbocycles. The summed E-state index contributed by atoms with van der Waals surface area (Å²) in [5.41, 5.74) is 1.63. The molecule has 1 fully saturated rings. The number of piperidine rings is 1. The highest BCUT2D eigenvalue weighted by Crippen LogP contribution is 2.25. The van der Waals surface area contributed by atoms with Crippen LogP contribution in [0.2, 0.25) is 0 Å². The van der Waals surface area contributed by atoms with Gasteiger partial charge in [0.15, 0.2) is 0 Å².